The van der Waals surface area contributed by atoms with Gasteiger partial charge >= 0.3 is 0 Å². The lowest BCUT2D eigenvalue weighted by Crippen LogP contribution is -1.94. The molecule has 0 fully saturated rings. The molecule has 120 valence electrons. The average Bonchev–Trinajstić information content (AvgIpc) is 2.62. The molecule has 3 heteroatoms. The Morgan fingerprint density at radius 2 is 1.28 bits per heavy atom. The summed E-state index contributed by atoms with van der Waals surface area (Å²) in [5.74, 6) is 0. The van der Waals surface area contributed by atoms with Gasteiger partial charge in [-0.15, -0.1) is 0 Å². The Kier molecular flexibility index (Phi) is 4.89. The van der Waals surface area contributed by atoms with E-state index in [1.807, 2.05) is 36.4 Å². The zero-order valence-corrected chi connectivity index (χ0v) is 14.9. The van der Waals surface area contributed by atoms with E-state index in [4.69, 9.17) is 0 Å². The van der Waals surface area contributed by atoms with Crippen molar-refractivity contribution in [3.63, 3.8) is 0 Å². The van der Waals surface area contributed by atoms with Gasteiger partial charge in [0.1, 0.15) is 17.7 Å². The van der Waals surface area contributed by atoms with E-state index in [1.54, 1.807) is 11.8 Å². The van der Waals surface area contributed by atoms with Crippen molar-refractivity contribution < 1.29 is 0 Å². The molecule has 0 aliphatic carbocycles. The number of thioether (sulfide) groups is 1. The number of aryl methyl sites for hydroxylation is 2. The summed E-state index contributed by atoms with van der Waals surface area (Å²) in [6.45, 7) is 4.11. The molecule has 0 N–H and O–H groups in total. The highest BCUT2D eigenvalue weighted by Crippen LogP contribution is 2.44. The summed E-state index contributed by atoms with van der Waals surface area (Å²) < 4.78 is 0. The molecule has 1 heterocycles. The van der Waals surface area contributed by atoms with Crippen LogP contribution in [0, 0.1) is 36.5 Å². The Hall–Kier alpha value is -3.01. The Balaban J connectivity index is 2.15. The van der Waals surface area contributed by atoms with Crippen molar-refractivity contribution in [3.8, 4) is 12.1 Å². The summed E-state index contributed by atoms with van der Waals surface area (Å²) in [6.07, 6.45) is 3.86. The Morgan fingerprint density at radius 3 is 1.68 bits per heavy atom. The predicted octanol–water partition coefficient (Wildman–Crippen LogP) is 5.78. The summed E-state index contributed by atoms with van der Waals surface area (Å²) in [5.41, 5.74) is 5.34. The third kappa shape index (κ3) is 3.74. The summed E-state index contributed by atoms with van der Waals surface area (Å²) in [7, 11) is 0. The fraction of sp³-hybridized carbons (Fsp3) is 0.0909. The molecule has 0 saturated carbocycles. The minimum Gasteiger partial charge on any atom is -0.192 e. The molecule has 1 aliphatic rings. The van der Waals surface area contributed by atoms with Gasteiger partial charge in [-0.3, -0.25) is 0 Å². The molecule has 0 amide bonds. The summed E-state index contributed by atoms with van der Waals surface area (Å²) in [6, 6.07) is 20.5. The van der Waals surface area contributed by atoms with Crippen molar-refractivity contribution in [1.82, 2.24) is 0 Å². The van der Waals surface area contributed by atoms with Gasteiger partial charge < -0.3 is 0 Å². The molecule has 1 aliphatic heterocycles. The van der Waals surface area contributed by atoms with Gasteiger partial charge in [0.05, 0.1) is 0 Å². The number of rotatable bonds is 2. The van der Waals surface area contributed by atoms with E-state index in [1.165, 1.54) is 11.1 Å². The molecule has 25 heavy (non-hydrogen) atoms. The minimum absolute atomic E-state index is 0.135. The molecule has 2 aromatic carbocycles. The second kappa shape index (κ2) is 7.26. The molecular weight excluding hydrogens is 324 g/mol. The van der Waals surface area contributed by atoms with Crippen LogP contribution in [-0.2, 0) is 0 Å². The van der Waals surface area contributed by atoms with Crippen LogP contribution >= 0.6 is 11.8 Å². The monoisotopic (exact) mass is 340 g/mol. The molecule has 3 rings (SSSR count). The fourth-order valence-corrected chi connectivity index (χ4v) is 3.78. The van der Waals surface area contributed by atoms with Crippen LogP contribution in [0.15, 0.2) is 71.8 Å². The number of nitriles is 2. The maximum absolute atomic E-state index is 9.28. The van der Waals surface area contributed by atoms with Gasteiger partial charge in [-0.2, -0.15) is 10.5 Å². The maximum Gasteiger partial charge on any atom is 0.136 e. The Morgan fingerprint density at radius 1 is 0.800 bits per heavy atom. The molecule has 2 nitrogen and oxygen atoms in total. The minimum atomic E-state index is 0.135. The predicted molar refractivity (Wildman–Crippen MR) is 104 cm³/mol. The number of hydrogen-bond acceptors (Lipinski definition) is 3. The van der Waals surface area contributed by atoms with Crippen LogP contribution < -0.4 is 0 Å². The van der Waals surface area contributed by atoms with Crippen molar-refractivity contribution in [2.75, 3.05) is 0 Å². The van der Waals surface area contributed by atoms with Gasteiger partial charge in [0.25, 0.3) is 0 Å². The average molecular weight is 340 g/mol. The van der Waals surface area contributed by atoms with Gasteiger partial charge in [-0.25, -0.2) is 0 Å². The van der Waals surface area contributed by atoms with E-state index in [0.717, 1.165) is 20.9 Å². The highest BCUT2D eigenvalue weighted by Gasteiger charge is 2.17. The number of hydrogen-bond donors (Lipinski definition) is 0. The summed E-state index contributed by atoms with van der Waals surface area (Å²) in [4.78, 5) is 2.08. The zero-order chi connectivity index (χ0) is 17.8. The number of nitrogens with zero attached hydrogens (tertiary/aromatic N) is 2. The summed E-state index contributed by atoms with van der Waals surface area (Å²) in [5, 5.41) is 18.6. The lowest BCUT2D eigenvalue weighted by Gasteiger charge is -2.18. The van der Waals surface area contributed by atoms with E-state index in [0.29, 0.717) is 5.57 Å². The SMILES string of the molecule is Cc1cccc(C2=CC(=C(C#N)C#N)C=C(c3cccc(C)c3)S2)c1. The van der Waals surface area contributed by atoms with Crippen molar-refractivity contribution in [2.45, 2.75) is 13.8 Å². The summed E-state index contributed by atoms with van der Waals surface area (Å²) >= 11 is 1.67. The molecule has 0 spiro atoms. The lowest BCUT2D eigenvalue weighted by molar-refractivity contribution is 1.43. The Bertz CT molecular complexity index is 931. The van der Waals surface area contributed by atoms with Crippen LogP contribution in [0.3, 0.4) is 0 Å². The smallest absolute Gasteiger partial charge is 0.136 e. The van der Waals surface area contributed by atoms with Crippen LogP contribution in [0.25, 0.3) is 9.81 Å². The fourth-order valence-electron chi connectivity index (χ4n) is 2.68. The van der Waals surface area contributed by atoms with E-state index in [9.17, 15) is 10.5 Å². The molecule has 0 unspecified atom stereocenters. The second-order valence-electron chi connectivity index (χ2n) is 5.91. The van der Waals surface area contributed by atoms with Gasteiger partial charge in [-0.1, -0.05) is 71.4 Å². The molecule has 2 aromatic rings. The largest absolute Gasteiger partial charge is 0.192 e. The Labute approximate surface area is 152 Å². The molecule has 0 saturated heterocycles. The maximum atomic E-state index is 9.28. The van der Waals surface area contributed by atoms with Crippen molar-refractivity contribution in [2.24, 2.45) is 0 Å². The van der Waals surface area contributed by atoms with Crippen molar-refractivity contribution in [1.29, 1.82) is 10.5 Å². The number of benzene rings is 2. The van der Waals surface area contributed by atoms with Crippen molar-refractivity contribution >= 4 is 21.6 Å². The standard InChI is InChI=1S/C22H16N2S/c1-15-5-3-7-17(9-15)21-11-19(20(13-23)14-24)12-22(25-21)18-8-4-6-16(2)10-18/h3-12H,1-2H3. The first kappa shape index (κ1) is 16.8. The highest BCUT2D eigenvalue weighted by molar-refractivity contribution is 8.16. The van der Waals surface area contributed by atoms with Crippen LogP contribution in [0.4, 0.5) is 0 Å². The third-order valence-corrected chi connectivity index (χ3v) is 5.06. The normalized spacial score (nSPS) is 13.4. The topological polar surface area (TPSA) is 47.6 Å². The van der Waals surface area contributed by atoms with E-state index < -0.39 is 0 Å². The van der Waals surface area contributed by atoms with Crippen LogP contribution in [0.2, 0.25) is 0 Å². The zero-order valence-electron chi connectivity index (χ0n) is 14.1. The van der Waals surface area contributed by atoms with Crippen LogP contribution in [0.5, 0.6) is 0 Å². The van der Waals surface area contributed by atoms with Crippen molar-refractivity contribution in [3.05, 3.63) is 94.1 Å². The van der Waals surface area contributed by atoms with E-state index in [-0.39, 0.29) is 5.57 Å². The van der Waals surface area contributed by atoms with Crippen LogP contribution in [-0.4, -0.2) is 0 Å². The first-order valence-electron chi connectivity index (χ1n) is 7.90. The quantitative estimate of drug-likeness (QED) is 0.651. The third-order valence-electron chi connectivity index (χ3n) is 3.91. The van der Waals surface area contributed by atoms with Gasteiger partial charge in [0.2, 0.25) is 0 Å². The molecule has 0 aromatic heterocycles. The highest BCUT2D eigenvalue weighted by atomic mass is 32.2. The lowest BCUT2D eigenvalue weighted by atomic mass is 10.0. The van der Waals surface area contributed by atoms with Gasteiger partial charge in [0, 0.05) is 15.4 Å². The first-order valence-corrected chi connectivity index (χ1v) is 8.72. The van der Waals surface area contributed by atoms with Gasteiger partial charge in [0.15, 0.2) is 0 Å². The number of allylic oxidation sites excluding steroid dienone is 4. The van der Waals surface area contributed by atoms with Crippen LogP contribution in [0.1, 0.15) is 22.3 Å². The van der Waals surface area contributed by atoms with E-state index >= 15 is 0 Å². The van der Waals surface area contributed by atoms with E-state index in [2.05, 4.69) is 50.2 Å². The second-order valence-corrected chi connectivity index (χ2v) is 7.00. The molecular formula is C22H16N2S. The first-order chi connectivity index (χ1) is 12.1. The molecule has 0 radical (unpaired) electrons. The van der Waals surface area contributed by atoms with Gasteiger partial charge in [-0.05, 0) is 37.1 Å². The molecule has 0 atom stereocenters. The molecule has 0 bridgehead atoms.